The first-order chi connectivity index (χ1) is 10.9. The Labute approximate surface area is 132 Å². The first-order valence-corrected chi connectivity index (χ1v) is 8.20. The Bertz CT molecular complexity index is 667. The summed E-state index contributed by atoms with van der Waals surface area (Å²) in [5.41, 5.74) is 11.6. The number of hydrogen-bond donors (Lipinski definition) is 2. The summed E-state index contributed by atoms with van der Waals surface area (Å²) in [6.45, 7) is 4.98. The van der Waals surface area contributed by atoms with Crippen molar-refractivity contribution in [3.8, 4) is 0 Å². The van der Waals surface area contributed by atoms with Gasteiger partial charge < -0.3 is 11.1 Å². The molecule has 2 aromatic carbocycles. The van der Waals surface area contributed by atoms with Gasteiger partial charge in [0, 0.05) is 44.7 Å². The summed E-state index contributed by atoms with van der Waals surface area (Å²) in [6, 6.07) is 18.1. The zero-order valence-electron chi connectivity index (χ0n) is 12.8. The molecular weight excluding hydrogens is 270 g/mol. The summed E-state index contributed by atoms with van der Waals surface area (Å²) in [5.74, 6) is 0.435. The normalized spacial score (nSPS) is 24.6. The van der Waals surface area contributed by atoms with Gasteiger partial charge in [0.25, 0.3) is 0 Å². The van der Waals surface area contributed by atoms with Gasteiger partial charge in [0.2, 0.25) is 0 Å². The predicted molar refractivity (Wildman–Crippen MR) is 89.8 cm³/mol. The number of benzene rings is 2. The Morgan fingerprint density at radius 1 is 1.00 bits per heavy atom. The van der Waals surface area contributed by atoms with Crippen LogP contribution in [0.1, 0.15) is 34.2 Å². The van der Waals surface area contributed by atoms with E-state index >= 15 is 0 Å². The Hall–Kier alpha value is -1.68. The number of nitrogens with one attached hydrogen (secondary N) is 1. The number of fused-ring (bicyclic) bond motifs is 3. The highest BCUT2D eigenvalue weighted by atomic mass is 15.2. The fourth-order valence-corrected chi connectivity index (χ4v) is 4.06. The fourth-order valence-electron chi connectivity index (χ4n) is 4.06. The van der Waals surface area contributed by atoms with Crippen LogP contribution in [-0.2, 0) is 6.54 Å². The predicted octanol–water partition coefficient (Wildman–Crippen LogP) is 2.24. The summed E-state index contributed by atoms with van der Waals surface area (Å²) in [7, 11) is 0. The molecule has 0 amide bonds. The lowest BCUT2D eigenvalue weighted by Gasteiger charge is -2.44. The lowest BCUT2D eigenvalue weighted by molar-refractivity contribution is 0.143. The van der Waals surface area contributed by atoms with Crippen molar-refractivity contribution >= 4 is 0 Å². The van der Waals surface area contributed by atoms with Crippen LogP contribution in [0.3, 0.4) is 0 Å². The first kappa shape index (κ1) is 13.9. The zero-order valence-corrected chi connectivity index (χ0v) is 12.8. The van der Waals surface area contributed by atoms with Crippen molar-refractivity contribution < 1.29 is 0 Å². The zero-order chi connectivity index (χ0) is 14.9. The Morgan fingerprint density at radius 3 is 2.55 bits per heavy atom. The molecule has 0 saturated carbocycles. The molecule has 0 bridgehead atoms. The molecule has 1 fully saturated rings. The first-order valence-electron chi connectivity index (χ1n) is 8.20. The summed E-state index contributed by atoms with van der Waals surface area (Å²) in [5, 5.41) is 3.54. The van der Waals surface area contributed by atoms with E-state index in [-0.39, 0.29) is 0 Å². The average Bonchev–Trinajstić information content (AvgIpc) is 2.61. The summed E-state index contributed by atoms with van der Waals surface area (Å²) >= 11 is 0. The lowest BCUT2D eigenvalue weighted by atomic mass is 9.79. The topological polar surface area (TPSA) is 41.3 Å². The monoisotopic (exact) mass is 293 g/mol. The van der Waals surface area contributed by atoms with Crippen LogP contribution in [0.4, 0.5) is 0 Å². The van der Waals surface area contributed by atoms with Crippen LogP contribution in [0.5, 0.6) is 0 Å². The highest BCUT2D eigenvalue weighted by Gasteiger charge is 2.35. The van der Waals surface area contributed by atoms with Gasteiger partial charge in [-0.15, -0.1) is 0 Å². The number of nitrogens with two attached hydrogens (primary N) is 1. The van der Waals surface area contributed by atoms with Gasteiger partial charge in [0.15, 0.2) is 0 Å². The molecule has 2 aliphatic heterocycles. The molecule has 4 rings (SSSR count). The van der Waals surface area contributed by atoms with E-state index in [2.05, 4.69) is 58.7 Å². The average molecular weight is 293 g/mol. The Morgan fingerprint density at radius 2 is 1.73 bits per heavy atom. The molecule has 2 aliphatic rings. The van der Waals surface area contributed by atoms with Gasteiger partial charge in [-0.2, -0.15) is 0 Å². The number of piperazine rings is 1. The number of hydrogen-bond acceptors (Lipinski definition) is 3. The van der Waals surface area contributed by atoms with Crippen molar-refractivity contribution in [3.63, 3.8) is 0 Å². The molecule has 22 heavy (non-hydrogen) atoms. The smallest absolute Gasteiger partial charge is 0.0476 e. The van der Waals surface area contributed by atoms with Crippen LogP contribution in [-0.4, -0.2) is 31.1 Å². The van der Waals surface area contributed by atoms with E-state index in [1.807, 2.05) is 0 Å². The summed E-state index contributed by atoms with van der Waals surface area (Å²) < 4.78 is 0. The van der Waals surface area contributed by atoms with E-state index in [9.17, 15) is 0 Å². The van der Waals surface area contributed by atoms with Crippen molar-refractivity contribution in [1.82, 2.24) is 10.2 Å². The van der Waals surface area contributed by atoms with E-state index in [0.717, 1.165) is 26.2 Å². The molecule has 0 unspecified atom stereocenters. The van der Waals surface area contributed by atoms with Crippen LogP contribution in [0.2, 0.25) is 0 Å². The van der Waals surface area contributed by atoms with Crippen LogP contribution in [0.15, 0.2) is 48.5 Å². The minimum absolute atomic E-state index is 0.435. The fraction of sp³-hybridized carbons (Fsp3) is 0.368. The number of nitrogens with zero attached hydrogens (tertiary/aromatic N) is 1. The lowest BCUT2D eigenvalue weighted by Crippen LogP contribution is -2.50. The molecule has 0 spiro atoms. The highest BCUT2D eigenvalue weighted by Crippen LogP contribution is 2.40. The molecule has 3 nitrogen and oxygen atoms in total. The molecular formula is C19H23N3. The van der Waals surface area contributed by atoms with Gasteiger partial charge in [0.05, 0.1) is 0 Å². The van der Waals surface area contributed by atoms with Crippen molar-refractivity contribution in [2.24, 2.45) is 5.73 Å². The van der Waals surface area contributed by atoms with Gasteiger partial charge in [-0.3, -0.25) is 4.90 Å². The molecule has 3 heteroatoms. The maximum Gasteiger partial charge on any atom is 0.0476 e. The van der Waals surface area contributed by atoms with E-state index < -0.39 is 0 Å². The molecule has 2 heterocycles. The quantitative estimate of drug-likeness (QED) is 0.892. The molecule has 0 aromatic heterocycles. The molecule has 1 saturated heterocycles. The van der Waals surface area contributed by atoms with Crippen LogP contribution in [0.25, 0.3) is 0 Å². The summed E-state index contributed by atoms with van der Waals surface area (Å²) in [4.78, 5) is 2.64. The molecule has 3 N–H and O–H groups in total. The molecule has 114 valence electrons. The third-order valence-corrected chi connectivity index (χ3v) is 5.15. The largest absolute Gasteiger partial charge is 0.326 e. The maximum atomic E-state index is 5.99. The van der Waals surface area contributed by atoms with Gasteiger partial charge >= 0.3 is 0 Å². The molecule has 0 aliphatic carbocycles. The highest BCUT2D eigenvalue weighted by molar-refractivity contribution is 5.45. The SMILES string of the molecule is NCc1ccccc1[C@@H]1CN2CCNC[C@H]2c2ccccc21. The van der Waals surface area contributed by atoms with E-state index in [1.165, 1.54) is 22.3 Å². The second kappa shape index (κ2) is 5.84. The third kappa shape index (κ3) is 2.26. The molecule has 0 radical (unpaired) electrons. The van der Waals surface area contributed by atoms with Crippen LogP contribution >= 0.6 is 0 Å². The molecule has 2 atom stereocenters. The minimum atomic E-state index is 0.435. The van der Waals surface area contributed by atoms with Crippen molar-refractivity contribution in [3.05, 3.63) is 70.8 Å². The third-order valence-electron chi connectivity index (χ3n) is 5.15. The van der Waals surface area contributed by atoms with E-state index in [4.69, 9.17) is 5.73 Å². The maximum absolute atomic E-state index is 5.99. The minimum Gasteiger partial charge on any atom is -0.326 e. The van der Waals surface area contributed by atoms with Gasteiger partial charge in [-0.05, 0) is 22.3 Å². The Kier molecular flexibility index (Phi) is 3.70. The van der Waals surface area contributed by atoms with E-state index in [1.54, 1.807) is 0 Å². The van der Waals surface area contributed by atoms with E-state index in [0.29, 0.717) is 18.5 Å². The second-order valence-electron chi connectivity index (χ2n) is 6.30. The summed E-state index contributed by atoms with van der Waals surface area (Å²) in [6.07, 6.45) is 0. The van der Waals surface area contributed by atoms with Gasteiger partial charge in [-0.25, -0.2) is 0 Å². The van der Waals surface area contributed by atoms with Crippen molar-refractivity contribution in [1.29, 1.82) is 0 Å². The Balaban J connectivity index is 1.82. The van der Waals surface area contributed by atoms with Crippen LogP contribution < -0.4 is 11.1 Å². The van der Waals surface area contributed by atoms with Gasteiger partial charge in [0.1, 0.15) is 0 Å². The second-order valence-corrected chi connectivity index (χ2v) is 6.30. The van der Waals surface area contributed by atoms with Crippen molar-refractivity contribution in [2.45, 2.75) is 18.5 Å². The van der Waals surface area contributed by atoms with Crippen molar-refractivity contribution in [2.75, 3.05) is 26.2 Å². The molecule has 2 aromatic rings. The van der Waals surface area contributed by atoms with Gasteiger partial charge in [-0.1, -0.05) is 48.5 Å². The number of rotatable bonds is 2. The standard InChI is InChI=1S/C19H23N3/c20-11-14-5-1-2-6-15(14)18-13-22-10-9-21-12-19(22)17-8-4-3-7-16(17)18/h1-8,18-19,21H,9-13,20H2/t18-,19-/m0/s1. The van der Waals surface area contributed by atoms with Crippen LogP contribution in [0, 0.1) is 0 Å².